The van der Waals surface area contributed by atoms with E-state index in [9.17, 15) is 4.79 Å². The minimum absolute atomic E-state index is 0.127. The first-order valence-corrected chi connectivity index (χ1v) is 5.87. The van der Waals surface area contributed by atoms with Gasteiger partial charge in [-0.3, -0.25) is 9.36 Å². The first-order chi connectivity index (χ1) is 8.54. The van der Waals surface area contributed by atoms with Gasteiger partial charge in [-0.05, 0) is 18.2 Å². The van der Waals surface area contributed by atoms with Crippen molar-refractivity contribution < 1.29 is 4.74 Å². The number of aromatic nitrogens is 3. The molecule has 0 atom stereocenters. The highest BCUT2D eigenvalue weighted by molar-refractivity contribution is 9.10. The molecule has 0 amide bonds. The minimum atomic E-state index is -0.384. The highest BCUT2D eigenvalue weighted by Gasteiger charge is 2.13. The fourth-order valence-corrected chi connectivity index (χ4v) is 1.90. The molecule has 0 saturated carbocycles. The zero-order chi connectivity index (χ0) is 13.3. The van der Waals surface area contributed by atoms with Gasteiger partial charge in [0.15, 0.2) is 5.82 Å². The normalized spacial score (nSPS) is 10.4. The van der Waals surface area contributed by atoms with E-state index in [-0.39, 0.29) is 11.4 Å². The monoisotopic (exact) mass is 310 g/mol. The van der Waals surface area contributed by atoms with E-state index < -0.39 is 0 Å². The summed E-state index contributed by atoms with van der Waals surface area (Å²) in [5.74, 6) is 0.870. The van der Waals surface area contributed by atoms with Crippen molar-refractivity contribution in [2.75, 3.05) is 12.8 Å². The molecule has 7 heteroatoms. The van der Waals surface area contributed by atoms with Crippen molar-refractivity contribution in [3.8, 4) is 17.1 Å². The van der Waals surface area contributed by atoms with Crippen LogP contribution in [0.1, 0.15) is 0 Å². The molecule has 0 fully saturated rings. The van der Waals surface area contributed by atoms with Crippen molar-refractivity contribution in [1.29, 1.82) is 0 Å². The maximum Gasteiger partial charge on any atom is 0.296 e. The third kappa shape index (κ3) is 2.08. The van der Waals surface area contributed by atoms with Crippen LogP contribution in [0.25, 0.3) is 11.4 Å². The van der Waals surface area contributed by atoms with E-state index in [1.165, 1.54) is 4.57 Å². The Morgan fingerprint density at radius 1 is 1.39 bits per heavy atom. The number of rotatable bonds is 2. The number of benzene rings is 1. The number of hydrogen-bond donors (Lipinski definition) is 1. The molecule has 2 rings (SSSR count). The zero-order valence-electron chi connectivity index (χ0n) is 9.85. The van der Waals surface area contributed by atoms with Crippen LogP contribution in [0.2, 0.25) is 0 Å². The predicted molar refractivity (Wildman–Crippen MR) is 71.4 cm³/mol. The predicted octanol–water partition coefficient (Wildman–Crippen LogP) is 1.20. The molecule has 0 aliphatic rings. The minimum Gasteiger partial charge on any atom is -0.496 e. The molecule has 0 aliphatic heterocycles. The summed E-state index contributed by atoms with van der Waals surface area (Å²) in [5, 5.41) is 7.58. The van der Waals surface area contributed by atoms with Gasteiger partial charge in [0.1, 0.15) is 5.75 Å². The molecule has 18 heavy (non-hydrogen) atoms. The van der Waals surface area contributed by atoms with Crippen molar-refractivity contribution in [2.45, 2.75) is 0 Å². The lowest BCUT2D eigenvalue weighted by Gasteiger charge is -2.11. The van der Waals surface area contributed by atoms with Gasteiger partial charge < -0.3 is 10.5 Å². The third-order valence-electron chi connectivity index (χ3n) is 2.50. The zero-order valence-corrected chi connectivity index (χ0v) is 11.4. The van der Waals surface area contributed by atoms with Crippen molar-refractivity contribution in [1.82, 2.24) is 14.8 Å². The van der Waals surface area contributed by atoms with Crippen LogP contribution in [0.15, 0.2) is 27.5 Å². The van der Waals surface area contributed by atoms with Crippen LogP contribution in [0.3, 0.4) is 0 Å². The molecule has 6 nitrogen and oxygen atoms in total. The van der Waals surface area contributed by atoms with Crippen LogP contribution in [0, 0.1) is 0 Å². The van der Waals surface area contributed by atoms with Crippen LogP contribution in [-0.4, -0.2) is 21.9 Å². The highest BCUT2D eigenvalue weighted by atomic mass is 79.9. The maximum atomic E-state index is 11.7. The second-order valence-corrected chi connectivity index (χ2v) is 4.53. The Bertz CT molecular complexity index is 654. The summed E-state index contributed by atoms with van der Waals surface area (Å²) in [6, 6.07) is 5.42. The molecule has 1 aromatic carbocycles. The molecule has 2 N–H and O–H groups in total. The van der Waals surface area contributed by atoms with Gasteiger partial charge in [-0.15, -0.1) is 10.2 Å². The number of ether oxygens (including phenoxy) is 1. The number of nitrogens with zero attached hydrogens (tertiary/aromatic N) is 3. The standard InChI is InChI=1S/C11H11BrN4O2/c1-16-10(15-14-9(13)11(16)17)7-4-3-6(12)5-8(7)18-2/h3-5H,1-2H3,(H2,13,14). The van der Waals surface area contributed by atoms with Gasteiger partial charge in [0.05, 0.1) is 12.7 Å². The molecule has 0 bridgehead atoms. The van der Waals surface area contributed by atoms with E-state index in [1.54, 1.807) is 26.3 Å². The Labute approximate surface area is 112 Å². The van der Waals surface area contributed by atoms with Gasteiger partial charge >= 0.3 is 0 Å². The second-order valence-electron chi connectivity index (χ2n) is 3.62. The Morgan fingerprint density at radius 2 is 2.11 bits per heavy atom. The average molecular weight is 311 g/mol. The molecule has 1 heterocycles. The molecule has 1 aromatic heterocycles. The first kappa shape index (κ1) is 12.6. The summed E-state index contributed by atoms with van der Waals surface area (Å²) in [6.07, 6.45) is 0. The second kappa shape index (κ2) is 4.77. The van der Waals surface area contributed by atoms with Gasteiger partial charge in [0.25, 0.3) is 5.56 Å². The first-order valence-electron chi connectivity index (χ1n) is 5.07. The van der Waals surface area contributed by atoms with Crippen LogP contribution < -0.4 is 16.0 Å². The third-order valence-corrected chi connectivity index (χ3v) is 2.99. The molecular formula is C11H11BrN4O2. The van der Waals surface area contributed by atoms with E-state index in [0.29, 0.717) is 17.1 Å². The molecule has 0 saturated heterocycles. The maximum absolute atomic E-state index is 11.7. The van der Waals surface area contributed by atoms with Crippen LogP contribution in [0.5, 0.6) is 5.75 Å². The molecule has 2 aromatic rings. The van der Waals surface area contributed by atoms with E-state index in [0.717, 1.165) is 4.47 Å². The van der Waals surface area contributed by atoms with Gasteiger partial charge in [0, 0.05) is 11.5 Å². The van der Waals surface area contributed by atoms with Gasteiger partial charge in [-0.2, -0.15) is 0 Å². The SMILES string of the molecule is COc1cc(Br)ccc1-c1nnc(N)c(=O)n1C. The summed E-state index contributed by atoms with van der Waals surface area (Å²) in [7, 11) is 3.14. The lowest BCUT2D eigenvalue weighted by Crippen LogP contribution is -2.24. The largest absolute Gasteiger partial charge is 0.496 e. The number of nitrogens with two attached hydrogens (primary N) is 1. The molecule has 0 radical (unpaired) electrons. The van der Waals surface area contributed by atoms with E-state index >= 15 is 0 Å². The summed E-state index contributed by atoms with van der Waals surface area (Å²) >= 11 is 3.35. The fourth-order valence-electron chi connectivity index (χ4n) is 1.56. The van der Waals surface area contributed by atoms with Crippen LogP contribution in [0.4, 0.5) is 5.82 Å². The topological polar surface area (TPSA) is 83.0 Å². The lowest BCUT2D eigenvalue weighted by molar-refractivity contribution is 0.415. The molecule has 0 aliphatic carbocycles. The van der Waals surface area contributed by atoms with E-state index in [1.807, 2.05) is 6.07 Å². The molecule has 0 unspecified atom stereocenters. The van der Waals surface area contributed by atoms with Crippen molar-refractivity contribution >= 4 is 21.7 Å². The Morgan fingerprint density at radius 3 is 2.78 bits per heavy atom. The Balaban J connectivity index is 2.70. The van der Waals surface area contributed by atoms with E-state index in [2.05, 4.69) is 26.1 Å². The van der Waals surface area contributed by atoms with Crippen molar-refractivity contribution in [2.24, 2.45) is 7.05 Å². The van der Waals surface area contributed by atoms with E-state index in [4.69, 9.17) is 10.5 Å². The average Bonchev–Trinajstić information content (AvgIpc) is 2.37. The molecule has 94 valence electrons. The lowest BCUT2D eigenvalue weighted by atomic mass is 10.2. The molecular weight excluding hydrogens is 300 g/mol. The summed E-state index contributed by atoms with van der Waals surface area (Å²) in [6.45, 7) is 0. The van der Waals surface area contributed by atoms with Crippen LogP contribution in [-0.2, 0) is 7.05 Å². The summed E-state index contributed by atoms with van der Waals surface area (Å²) in [5.41, 5.74) is 5.71. The smallest absolute Gasteiger partial charge is 0.296 e. The molecule has 0 spiro atoms. The van der Waals surface area contributed by atoms with Crippen LogP contribution >= 0.6 is 15.9 Å². The summed E-state index contributed by atoms with van der Waals surface area (Å²) < 4.78 is 7.47. The highest BCUT2D eigenvalue weighted by Crippen LogP contribution is 2.30. The number of anilines is 1. The number of methoxy groups -OCH3 is 1. The summed E-state index contributed by atoms with van der Waals surface area (Å²) in [4.78, 5) is 11.7. The number of halogens is 1. The van der Waals surface area contributed by atoms with Gasteiger partial charge in [0.2, 0.25) is 5.82 Å². The van der Waals surface area contributed by atoms with Gasteiger partial charge in [-0.1, -0.05) is 15.9 Å². The van der Waals surface area contributed by atoms with Crippen molar-refractivity contribution in [3.05, 3.63) is 33.0 Å². The fraction of sp³-hybridized carbons (Fsp3) is 0.182. The van der Waals surface area contributed by atoms with Crippen molar-refractivity contribution in [3.63, 3.8) is 0 Å². The number of hydrogen-bond acceptors (Lipinski definition) is 5. The number of nitrogen functional groups attached to an aromatic ring is 1. The quantitative estimate of drug-likeness (QED) is 0.901. The Hall–Kier alpha value is -1.89. The Kier molecular flexibility index (Phi) is 3.33. The van der Waals surface area contributed by atoms with Gasteiger partial charge in [-0.25, -0.2) is 0 Å².